The molecule has 0 aromatic rings. The highest BCUT2D eigenvalue weighted by Gasteiger charge is 2.38. The topological polar surface area (TPSA) is 98.7 Å². The van der Waals surface area contributed by atoms with Crippen molar-refractivity contribution in [2.75, 3.05) is 19.6 Å². The van der Waals surface area contributed by atoms with Gasteiger partial charge in [-0.05, 0) is 0 Å². The maximum atomic E-state index is 11.9. The van der Waals surface area contributed by atoms with Crippen LogP contribution in [0.5, 0.6) is 0 Å². The van der Waals surface area contributed by atoms with Crippen molar-refractivity contribution >= 4 is 17.8 Å². The quantitative estimate of drug-likeness (QED) is 0.545. The predicted octanol–water partition coefficient (Wildman–Crippen LogP) is -1.42. The van der Waals surface area contributed by atoms with Crippen molar-refractivity contribution in [3.8, 4) is 0 Å². The largest absolute Gasteiger partial charge is 0.416 e. The number of imide groups is 1. The molecular formula is C8H10F3N3O4. The highest BCUT2D eigenvalue weighted by molar-refractivity contribution is 6.04. The van der Waals surface area contributed by atoms with Gasteiger partial charge in [-0.2, -0.15) is 13.2 Å². The minimum Gasteiger partial charge on any atom is -0.382 e. The molecule has 0 aromatic carbocycles. The van der Waals surface area contributed by atoms with Gasteiger partial charge in [-0.1, -0.05) is 0 Å². The maximum Gasteiger partial charge on any atom is 0.416 e. The molecule has 3 N–H and O–H groups in total. The summed E-state index contributed by atoms with van der Waals surface area (Å²) in [7, 11) is 0. The predicted molar refractivity (Wildman–Crippen MR) is 50.2 cm³/mol. The Hall–Kier alpha value is -1.84. The zero-order valence-corrected chi connectivity index (χ0v) is 8.95. The third-order valence-electron chi connectivity index (χ3n) is 2.11. The lowest BCUT2D eigenvalue weighted by Crippen LogP contribution is -2.45. The smallest absolute Gasteiger partial charge is 0.382 e. The summed E-state index contributed by atoms with van der Waals surface area (Å²) in [5, 5.41) is 12.5. The first-order valence-electron chi connectivity index (χ1n) is 4.81. The highest BCUT2D eigenvalue weighted by Crippen LogP contribution is 2.19. The molecule has 1 fully saturated rings. The van der Waals surface area contributed by atoms with E-state index in [0.29, 0.717) is 4.90 Å². The Morgan fingerprint density at radius 1 is 1.50 bits per heavy atom. The van der Waals surface area contributed by atoms with Gasteiger partial charge < -0.3 is 15.7 Å². The first kappa shape index (κ1) is 14.2. The molecule has 1 heterocycles. The van der Waals surface area contributed by atoms with Crippen LogP contribution in [0.15, 0.2) is 0 Å². The second kappa shape index (κ2) is 5.21. The van der Waals surface area contributed by atoms with Crippen molar-refractivity contribution in [1.29, 1.82) is 0 Å². The number of rotatable bonds is 4. The number of halogens is 3. The van der Waals surface area contributed by atoms with Crippen molar-refractivity contribution in [3.05, 3.63) is 0 Å². The van der Waals surface area contributed by atoms with Gasteiger partial charge in [0.25, 0.3) is 5.91 Å². The van der Waals surface area contributed by atoms with E-state index >= 15 is 0 Å². The Bertz CT molecular complexity index is 355. The lowest BCUT2D eigenvalue weighted by Gasteiger charge is -2.16. The van der Waals surface area contributed by atoms with Crippen molar-refractivity contribution in [1.82, 2.24) is 15.5 Å². The number of nitrogens with one attached hydrogen (secondary N) is 2. The Morgan fingerprint density at radius 2 is 2.11 bits per heavy atom. The Labute approximate surface area is 98.9 Å². The number of aliphatic hydroxyl groups excluding tert-OH is 1. The normalized spacial score (nSPS) is 17.7. The molecule has 0 aromatic heterocycles. The first-order valence-corrected chi connectivity index (χ1v) is 4.81. The second-order valence-electron chi connectivity index (χ2n) is 3.50. The molecule has 102 valence electrons. The van der Waals surface area contributed by atoms with Gasteiger partial charge in [-0.3, -0.25) is 14.5 Å². The van der Waals surface area contributed by atoms with E-state index in [1.165, 1.54) is 0 Å². The number of carbonyl (C=O) groups excluding carboxylic acids is 3. The van der Waals surface area contributed by atoms with Crippen LogP contribution in [0.4, 0.5) is 18.0 Å². The summed E-state index contributed by atoms with van der Waals surface area (Å²) < 4.78 is 35.7. The lowest BCUT2D eigenvalue weighted by molar-refractivity contribution is -0.201. The molecule has 4 amide bonds. The van der Waals surface area contributed by atoms with Crippen LogP contribution in [-0.2, 0) is 9.59 Å². The van der Waals surface area contributed by atoms with E-state index in [2.05, 4.69) is 5.32 Å². The summed E-state index contributed by atoms with van der Waals surface area (Å²) in [5.74, 6) is -1.62. The molecule has 7 nitrogen and oxygen atoms in total. The molecule has 0 bridgehead atoms. The number of amides is 4. The van der Waals surface area contributed by atoms with E-state index in [-0.39, 0.29) is 6.54 Å². The van der Waals surface area contributed by atoms with Gasteiger partial charge in [-0.25, -0.2) is 4.79 Å². The molecular weight excluding hydrogens is 259 g/mol. The average Bonchev–Trinajstić information content (AvgIpc) is 2.56. The summed E-state index contributed by atoms with van der Waals surface area (Å²) in [6, 6.07) is -0.786. The summed E-state index contributed by atoms with van der Waals surface area (Å²) in [6.07, 6.45) is -7.53. The van der Waals surface area contributed by atoms with E-state index in [0.717, 1.165) is 0 Å². The molecule has 0 radical (unpaired) electrons. The van der Waals surface area contributed by atoms with E-state index in [1.807, 2.05) is 0 Å². The van der Waals surface area contributed by atoms with Crippen LogP contribution in [0.2, 0.25) is 0 Å². The Kier molecular flexibility index (Phi) is 4.11. The van der Waals surface area contributed by atoms with Gasteiger partial charge in [0.2, 0.25) is 5.91 Å². The van der Waals surface area contributed by atoms with Gasteiger partial charge in [0.15, 0.2) is 6.10 Å². The molecule has 10 heteroatoms. The van der Waals surface area contributed by atoms with Crippen LogP contribution in [0.3, 0.4) is 0 Å². The number of urea groups is 1. The molecule has 18 heavy (non-hydrogen) atoms. The summed E-state index contributed by atoms with van der Waals surface area (Å²) in [4.78, 5) is 33.8. The van der Waals surface area contributed by atoms with Crippen molar-refractivity contribution < 1.29 is 32.7 Å². The number of hydrogen-bond acceptors (Lipinski definition) is 4. The third-order valence-corrected chi connectivity index (χ3v) is 2.11. The molecule has 0 spiro atoms. The van der Waals surface area contributed by atoms with E-state index in [1.54, 1.807) is 5.32 Å². The Morgan fingerprint density at radius 3 is 2.56 bits per heavy atom. The van der Waals surface area contributed by atoms with Crippen LogP contribution < -0.4 is 10.6 Å². The number of hydrogen-bond donors (Lipinski definition) is 3. The van der Waals surface area contributed by atoms with Crippen LogP contribution in [0, 0.1) is 0 Å². The average molecular weight is 269 g/mol. The Balaban J connectivity index is 2.39. The molecule has 0 aliphatic carbocycles. The third kappa shape index (κ3) is 3.58. The monoisotopic (exact) mass is 269 g/mol. The van der Waals surface area contributed by atoms with Crippen molar-refractivity contribution in [2.45, 2.75) is 12.3 Å². The van der Waals surface area contributed by atoms with E-state index < -0.39 is 43.2 Å². The minimum atomic E-state index is -4.84. The van der Waals surface area contributed by atoms with E-state index in [9.17, 15) is 27.6 Å². The zero-order chi connectivity index (χ0) is 13.9. The fourth-order valence-corrected chi connectivity index (χ4v) is 1.14. The van der Waals surface area contributed by atoms with E-state index in [4.69, 9.17) is 5.11 Å². The second-order valence-corrected chi connectivity index (χ2v) is 3.50. The van der Waals surface area contributed by atoms with Crippen molar-refractivity contribution in [3.63, 3.8) is 0 Å². The molecule has 1 unspecified atom stereocenters. The standard InChI is InChI=1S/C8H10F3N3O4/c9-8(10,11)4(15)1-12-5(16)3-14-6(17)2-13-7(14)18/h4,15H,1-3H2,(H,12,16)(H,13,18). The highest BCUT2D eigenvalue weighted by atomic mass is 19.4. The van der Waals surface area contributed by atoms with Gasteiger partial charge in [0, 0.05) is 0 Å². The van der Waals surface area contributed by atoms with Crippen LogP contribution in [0.25, 0.3) is 0 Å². The number of nitrogens with zero attached hydrogens (tertiary/aromatic N) is 1. The first-order chi connectivity index (χ1) is 8.21. The lowest BCUT2D eigenvalue weighted by atomic mass is 10.3. The van der Waals surface area contributed by atoms with Crippen LogP contribution in [-0.4, -0.2) is 59.8 Å². The molecule has 1 rings (SSSR count). The maximum absolute atomic E-state index is 11.9. The van der Waals surface area contributed by atoms with Crippen LogP contribution >= 0.6 is 0 Å². The molecule has 1 aliphatic heterocycles. The SMILES string of the molecule is O=C(CN1C(=O)CNC1=O)NCC(O)C(F)(F)F. The fourth-order valence-electron chi connectivity index (χ4n) is 1.14. The van der Waals surface area contributed by atoms with Gasteiger partial charge in [0.05, 0.1) is 13.1 Å². The number of aliphatic hydroxyl groups is 1. The summed E-state index contributed by atoms with van der Waals surface area (Å²) in [5.41, 5.74) is 0. The number of alkyl halides is 3. The van der Waals surface area contributed by atoms with Crippen molar-refractivity contribution in [2.24, 2.45) is 0 Å². The van der Waals surface area contributed by atoms with Gasteiger partial charge in [-0.15, -0.1) is 0 Å². The molecule has 1 atom stereocenters. The van der Waals surface area contributed by atoms with Crippen LogP contribution in [0.1, 0.15) is 0 Å². The number of carbonyl (C=O) groups is 3. The molecule has 1 aliphatic rings. The molecule has 1 saturated heterocycles. The summed E-state index contributed by atoms with van der Waals surface area (Å²) >= 11 is 0. The zero-order valence-electron chi connectivity index (χ0n) is 8.95. The summed E-state index contributed by atoms with van der Waals surface area (Å²) in [6.45, 7) is -1.97. The molecule has 0 saturated carbocycles. The van der Waals surface area contributed by atoms with Gasteiger partial charge >= 0.3 is 12.2 Å². The fraction of sp³-hybridized carbons (Fsp3) is 0.625. The van der Waals surface area contributed by atoms with Gasteiger partial charge in [0.1, 0.15) is 6.54 Å². The minimum absolute atomic E-state index is 0.253.